The molecule has 1 N–H and O–H groups in total. The smallest absolute Gasteiger partial charge is 0.465 e. The first-order valence-electron chi connectivity index (χ1n) is 7.70. The van der Waals surface area contributed by atoms with Crippen molar-refractivity contribution in [2.45, 2.75) is 44.8 Å². The molecule has 0 bridgehead atoms. The van der Waals surface area contributed by atoms with Gasteiger partial charge in [-0.2, -0.15) is 8.78 Å². The molecule has 1 aromatic carbocycles. The number of hydrogen-bond acceptors (Lipinski definition) is 5. The molecule has 0 unspecified atom stereocenters. The maximum Gasteiger partial charge on any atom is 0.508 e. The summed E-state index contributed by atoms with van der Waals surface area (Å²) in [6, 6.07) is 8.89. The molecular formula is C16H19F2NO6. The van der Waals surface area contributed by atoms with Crippen molar-refractivity contribution in [2.75, 3.05) is 6.54 Å². The Labute approximate surface area is 143 Å². The average Bonchev–Trinajstić information content (AvgIpc) is 2.92. The van der Waals surface area contributed by atoms with Crippen molar-refractivity contribution in [3.8, 4) is 0 Å². The number of nitrogens with zero attached hydrogens (tertiary/aromatic N) is 1. The minimum absolute atomic E-state index is 0.0113. The average molecular weight is 359 g/mol. The van der Waals surface area contributed by atoms with Gasteiger partial charge in [0.1, 0.15) is 12.7 Å². The van der Waals surface area contributed by atoms with Gasteiger partial charge in [0.15, 0.2) is 5.72 Å². The second-order valence-corrected chi connectivity index (χ2v) is 5.54. The fourth-order valence-corrected chi connectivity index (χ4v) is 2.81. The number of carboxylic acid groups (broad SMARTS) is 1. The van der Waals surface area contributed by atoms with Crippen molar-refractivity contribution in [3.63, 3.8) is 0 Å². The highest BCUT2D eigenvalue weighted by molar-refractivity contribution is 5.67. The van der Waals surface area contributed by atoms with Crippen LogP contribution in [0.4, 0.5) is 18.4 Å². The minimum atomic E-state index is -3.15. The Morgan fingerprint density at radius 3 is 2.60 bits per heavy atom. The molecule has 1 aliphatic rings. The molecule has 7 nitrogen and oxygen atoms in total. The zero-order chi connectivity index (χ0) is 18.4. The van der Waals surface area contributed by atoms with Crippen LogP contribution in [0.2, 0.25) is 0 Å². The van der Waals surface area contributed by atoms with E-state index in [1.165, 1.54) is 6.92 Å². The molecule has 1 aromatic rings. The van der Waals surface area contributed by atoms with Crippen LogP contribution < -0.4 is 0 Å². The molecule has 0 spiro atoms. The van der Waals surface area contributed by atoms with E-state index in [-0.39, 0.29) is 26.0 Å². The third kappa shape index (κ3) is 4.79. The SMILES string of the molecule is CC[C@]1(OC(F)F)C[C@@H](OC(=O)OCc2ccccc2)CN1C(=O)O. The molecule has 25 heavy (non-hydrogen) atoms. The molecule has 1 fully saturated rings. The molecule has 138 valence electrons. The summed E-state index contributed by atoms with van der Waals surface area (Å²) < 4.78 is 39.9. The number of halogens is 2. The van der Waals surface area contributed by atoms with E-state index in [0.717, 1.165) is 10.5 Å². The minimum Gasteiger partial charge on any atom is -0.465 e. The Morgan fingerprint density at radius 2 is 2.04 bits per heavy atom. The topological polar surface area (TPSA) is 85.3 Å². The Morgan fingerprint density at radius 1 is 1.36 bits per heavy atom. The summed E-state index contributed by atoms with van der Waals surface area (Å²) in [6.07, 6.45) is -3.56. The Bertz CT molecular complexity index is 600. The Kier molecular flexibility index (Phi) is 6.13. The van der Waals surface area contributed by atoms with E-state index in [0.29, 0.717) is 0 Å². The van der Waals surface area contributed by atoms with Gasteiger partial charge in [0.2, 0.25) is 0 Å². The summed E-state index contributed by atoms with van der Waals surface area (Å²) in [5.74, 6) is 0. The van der Waals surface area contributed by atoms with Crippen molar-refractivity contribution in [2.24, 2.45) is 0 Å². The van der Waals surface area contributed by atoms with E-state index in [4.69, 9.17) is 9.47 Å². The number of ether oxygens (including phenoxy) is 3. The van der Waals surface area contributed by atoms with Crippen molar-refractivity contribution in [1.29, 1.82) is 0 Å². The lowest BCUT2D eigenvalue weighted by molar-refractivity contribution is -0.245. The van der Waals surface area contributed by atoms with Crippen LogP contribution in [0.3, 0.4) is 0 Å². The van der Waals surface area contributed by atoms with Crippen LogP contribution in [0.25, 0.3) is 0 Å². The first kappa shape index (κ1) is 18.9. The van der Waals surface area contributed by atoms with Crippen LogP contribution >= 0.6 is 0 Å². The molecule has 0 radical (unpaired) electrons. The lowest BCUT2D eigenvalue weighted by Gasteiger charge is -2.34. The van der Waals surface area contributed by atoms with Crippen LogP contribution in [0.15, 0.2) is 30.3 Å². The molecule has 2 atom stereocenters. The number of alkyl halides is 2. The van der Waals surface area contributed by atoms with Gasteiger partial charge in [-0.25, -0.2) is 9.59 Å². The van der Waals surface area contributed by atoms with Crippen LogP contribution in [0, 0.1) is 0 Å². The monoisotopic (exact) mass is 359 g/mol. The van der Waals surface area contributed by atoms with E-state index < -0.39 is 30.7 Å². The summed E-state index contributed by atoms with van der Waals surface area (Å²) in [7, 11) is 0. The van der Waals surface area contributed by atoms with Gasteiger partial charge in [0.25, 0.3) is 0 Å². The van der Waals surface area contributed by atoms with Gasteiger partial charge in [0.05, 0.1) is 6.54 Å². The third-order valence-corrected chi connectivity index (χ3v) is 3.98. The molecule has 0 aliphatic carbocycles. The number of hydrogen-bond donors (Lipinski definition) is 1. The number of amides is 1. The predicted octanol–water partition coefficient (Wildman–Crippen LogP) is 3.44. The molecule has 0 aromatic heterocycles. The number of benzene rings is 1. The van der Waals surface area contributed by atoms with Gasteiger partial charge < -0.3 is 14.6 Å². The van der Waals surface area contributed by atoms with Gasteiger partial charge >= 0.3 is 18.9 Å². The zero-order valence-corrected chi connectivity index (χ0v) is 13.6. The summed E-state index contributed by atoms with van der Waals surface area (Å²) in [4.78, 5) is 23.8. The number of rotatable bonds is 6. The first-order valence-corrected chi connectivity index (χ1v) is 7.70. The van der Waals surface area contributed by atoms with Gasteiger partial charge in [-0.3, -0.25) is 9.64 Å². The van der Waals surface area contributed by atoms with E-state index in [2.05, 4.69) is 4.74 Å². The third-order valence-electron chi connectivity index (χ3n) is 3.98. The number of likely N-dealkylation sites (tertiary alicyclic amines) is 1. The van der Waals surface area contributed by atoms with Crippen LogP contribution in [0.5, 0.6) is 0 Å². The van der Waals surface area contributed by atoms with E-state index in [1.807, 2.05) is 6.07 Å². The van der Waals surface area contributed by atoms with Gasteiger partial charge in [-0.15, -0.1) is 0 Å². The molecule has 1 amide bonds. The molecule has 1 heterocycles. The second kappa shape index (κ2) is 8.11. The number of carbonyl (C=O) groups is 2. The van der Waals surface area contributed by atoms with E-state index in [1.54, 1.807) is 24.3 Å². The lowest BCUT2D eigenvalue weighted by atomic mass is 10.1. The van der Waals surface area contributed by atoms with E-state index in [9.17, 15) is 23.5 Å². The molecular weight excluding hydrogens is 340 g/mol. The summed E-state index contributed by atoms with van der Waals surface area (Å²) in [5, 5.41) is 9.23. The molecule has 2 rings (SSSR count). The van der Waals surface area contributed by atoms with Gasteiger partial charge in [-0.05, 0) is 12.0 Å². The summed E-state index contributed by atoms with van der Waals surface area (Å²) in [5.41, 5.74) is -0.980. The van der Waals surface area contributed by atoms with Crippen LogP contribution in [-0.2, 0) is 20.8 Å². The van der Waals surface area contributed by atoms with Crippen molar-refractivity contribution in [1.82, 2.24) is 4.90 Å². The fraction of sp³-hybridized carbons (Fsp3) is 0.500. The largest absolute Gasteiger partial charge is 0.508 e. The van der Waals surface area contributed by atoms with Crippen LogP contribution in [0.1, 0.15) is 25.3 Å². The highest BCUT2D eigenvalue weighted by atomic mass is 19.3. The maximum absolute atomic E-state index is 12.7. The summed E-state index contributed by atoms with van der Waals surface area (Å²) >= 11 is 0. The number of carbonyl (C=O) groups excluding carboxylic acids is 1. The van der Waals surface area contributed by atoms with Crippen molar-refractivity contribution < 1.29 is 37.7 Å². The standard InChI is InChI=1S/C16H19F2NO6/c1-2-16(25-13(17)18)8-12(9-19(16)14(20)21)24-15(22)23-10-11-6-4-3-5-7-11/h3-7,12-13H,2,8-10H2,1H3,(H,20,21)/t12-,16+/m1/s1. The van der Waals surface area contributed by atoms with Crippen LogP contribution in [-0.4, -0.2) is 47.2 Å². The van der Waals surface area contributed by atoms with Crippen molar-refractivity contribution in [3.05, 3.63) is 35.9 Å². The highest BCUT2D eigenvalue weighted by Crippen LogP contribution is 2.36. The Balaban J connectivity index is 1.96. The molecule has 0 saturated carbocycles. The Hall–Kier alpha value is -2.42. The van der Waals surface area contributed by atoms with Gasteiger partial charge in [-0.1, -0.05) is 37.3 Å². The molecule has 9 heteroatoms. The van der Waals surface area contributed by atoms with E-state index >= 15 is 0 Å². The predicted molar refractivity (Wildman–Crippen MR) is 81.0 cm³/mol. The fourth-order valence-electron chi connectivity index (χ4n) is 2.81. The zero-order valence-electron chi connectivity index (χ0n) is 13.6. The van der Waals surface area contributed by atoms with Gasteiger partial charge in [0, 0.05) is 6.42 Å². The quantitative estimate of drug-likeness (QED) is 0.783. The second-order valence-electron chi connectivity index (χ2n) is 5.54. The molecule has 1 aliphatic heterocycles. The first-order chi connectivity index (χ1) is 11.9. The molecule has 1 saturated heterocycles. The maximum atomic E-state index is 12.7. The highest BCUT2D eigenvalue weighted by Gasteiger charge is 2.51. The van der Waals surface area contributed by atoms with Crippen molar-refractivity contribution >= 4 is 12.2 Å². The summed E-state index contributed by atoms with van der Waals surface area (Å²) in [6.45, 7) is -1.91. The lowest BCUT2D eigenvalue weighted by Crippen LogP contribution is -2.49. The normalized spacial score (nSPS) is 22.9.